The zero-order chi connectivity index (χ0) is 10.6. The summed E-state index contributed by atoms with van der Waals surface area (Å²) in [6.07, 6.45) is 1.45. The lowest BCUT2D eigenvalue weighted by Gasteiger charge is -2.20. The highest BCUT2D eigenvalue weighted by molar-refractivity contribution is 4.99. The molecule has 0 radical (unpaired) electrons. The van der Waals surface area contributed by atoms with Crippen molar-refractivity contribution in [3.05, 3.63) is 24.2 Å². The van der Waals surface area contributed by atoms with Crippen LogP contribution in [0.5, 0.6) is 0 Å². The molecule has 0 N–H and O–H groups in total. The van der Waals surface area contributed by atoms with Crippen molar-refractivity contribution >= 4 is 0 Å². The van der Waals surface area contributed by atoms with E-state index in [0.717, 1.165) is 0 Å². The second-order valence-electron chi connectivity index (χ2n) is 3.72. The Kier molecular flexibility index (Phi) is 4.17. The minimum atomic E-state index is -0.398. The average Bonchev–Trinajstić information content (AvgIpc) is 2.52. The maximum atomic E-state index is 5.59. The van der Waals surface area contributed by atoms with Crippen molar-refractivity contribution in [1.29, 1.82) is 0 Å². The van der Waals surface area contributed by atoms with Crippen LogP contribution in [-0.4, -0.2) is 12.2 Å². The van der Waals surface area contributed by atoms with Gasteiger partial charge in [-0.2, -0.15) is 0 Å². The van der Waals surface area contributed by atoms with Crippen LogP contribution in [0.3, 0.4) is 0 Å². The number of ether oxygens (including phenoxy) is 2. The van der Waals surface area contributed by atoms with E-state index in [1.807, 2.05) is 39.8 Å². The molecule has 3 heteroatoms. The van der Waals surface area contributed by atoms with Crippen LogP contribution in [0.4, 0.5) is 0 Å². The molecule has 0 aliphatic carbocycles. The summed E-state index contributed by atoms with van der Waals surface area (Å²) in [4.78, 5) is 0. The lowest BCUT2D eigenvalue weighted by atomic mass is 10.4. The number of rotatable bonds is 5. The number of furan rings is 1. The maximum absolute atomic E-state index is 5.59. The highest BCUT2D eigenvalue weighted by Crippen LogP contribution is 2.22. The Labute approximate surface area is 85.0 Å². The predicted molar refractivity (Wildman–Crippen MR) is 53.9 cm³/mol. The zero-order valence-electron chi connectivity index (χ0n) is 9.19. The summed E-state index contributed by atoms with van der Waals surface area (Å²) in [5.74, 6) is 0.715. The molecule has 0 fully saturated rings. The summed E-state index contributed by atoms with van der Waals surface area (Å²) in [7, 11) is 0. The topological polar surface area (TPSA) is 31.6 Å². The first-order chi connectivity index (χ1) is 6.59. The van der Waals surface area contributed by atoms with Crippen LogP contribution < -0.4 is 0 Å². The Morgan fingerprint density at radius 3 is 2.00 bits per heavy atom. The van der Waals surface area contributed by atoms with E-state index in [4.69, 9.17) is 13.9 Å². The monoisotopic (exact) mass is 198 g/mol. The number of hydrogen-bond acceptors (Lipinski definition) is 3. The SMILES string of the molecule is CC(C)OC(OC(C)C)c1ccco1. The van der Waals surface area contributed by atoms with Gasteiger partial charge in [0.2, 0.25) is 6.29 Å². The summed E-state index contributed by atoms with van der Waals surface area (Å²) in [5.41, 5.74) is 0. The minimum absolute atomic E-state index is 0.115. The van der Waals surface area contributed by atoms with E-state index in [2.05, 4.69) is 0 Å². The summed E-state index contributed by atoms with van der Waals surface area (Å²) in [5, 5.41) is 0. The van der Waals surface area contributed by atoms with Crippen molar-refractivity contribution in [2.24, 2.45) is 0 Å². The van der Waals surface area contributed by atoms with Crippen LogP contribution >= 0.6 is 0 Å². The summed E-state index contributed by atoms with van der Waals surface area (Å²) in [6.45, 7) is 7.89. The largest absolute Gasteiger partial charge is 0.464 e. The van der Waals surface area contributed by atoms with Gasteiger partial charge in [0.25, 0.3) is 0 Å². The summed E-state index contributed by atoms with van der Waals surface area (Å²) < 4.78 is 16.4. The van der Waals surface area contributed by atoms with Crippen molar-refractivity contribution in [3.8, 4) is 0 Å². The molecule has 0 amide bonds. The molecule has 1 aromatic heterocycles. The summed E-state index contributed by atoms with van der Waals surface area (Å²) >= 11 is 0. The second-order valence-corrected chi connectivity index (χ2v) is 3.72. The first-order valence-corrected chi connectivity index (χ1v) is 4.94. The van der Waals surface area contributed by atoms with E-state index < -0.39 is 6.29 Å². The Morgan fingerprint density at radius 2 is 1.64 bits per heavy atom. The average molecular weight is 198 g/mol. The standard InChI is InChI=1S/C11H18O3/c1-8(2)13-11(14-9(3)4)10-6-5-7-12-10/h5-9,11H,1-4H3. The van der Waals surface area contributed by atoms with Crippen LogP contribution in [-0.2, 0) is 9.47 Å². The van der Waals surface area contributed by atoms with Gasteiger partial charge in [-0.15, -0.1) is 0 Å². The molecular formula is C11H18O3. The minimum Gasteiger partial charge on any atom is -0.464 e. The lowest BCUT2D eigenvalue weighted by Crippen LogP contribution is -2.17. The van der Waals surface area contributed by atoms with E-state index in [1.54, 1.807) is 6.26 Å². The third kappa shape index (κ3) is 3.52. The fourth-order valence-electron chi connectivity index (χ4n) is 1.09. The molecule has 0 aliphatic heterocycles. The molecular weight excluding hydrogens is 180 g/mol. The Morgan fingerprint density at radius 1 is 1.07 bits per heavy atom. The highest BCUT2D eigenvalue weighted by atomic mass is 16.7. The highest BCUT2D eigenvalue weighted by Gasteiger charge is 2.18. The molecule has 0 aliphatic rings. The van der Waals surface area contributed by atoms with Gasteiger partial charge < -0.3 is 13.9 Å². The van der Waals surface area contributed by atoms with Gasteiger partial charge in [-0.1, -0.05) is 0 Å². The summed E-state index contributed by atoms with van der Waals surface area (Å²) in [6, 6.07) is 3.69. The van der Waals surface area contributed by atoms with E-state index in [-0.39, 0.29) is 12.2 Å². The van der Waals surface area contributed by atoms with Crippen LogP contribution in [0.25, 0.3) is 0 Å². The van der Waals surface area contributed by atoms with Crippen molar-refractivity contribution in [3.63, 3.8) is 0 Å². The Balaban J connectivity index is 2.62. The molecule has 1 aromatic rings. The smallest absolute Gasteiger partial charge is 0.217 e. The molecule has 3 nitrogen and oxygen atoms in total. The molecule has 0 unspecified atom stereocenters. The van der Waals surface area contributed by atoms with Crippen LogP contribution in [0.2, 0.25) is 0 Å². The fourth-order valence-corrected chi connectivity index (χ4v) is 1.09. The van der Waals surface area contributed by atoms with Gasteiger partial charge in [0.15, 0.2) is 5.76 Å². The molecule has 14 heavy (non-hydrogen) atoms. The van der Waals surface area contributed by atoms with Crippen LogP contribution in [0.1, 0.15) is 39.7 Å². The first kappa shape index (κ1) is 11.3. The van der Waals surface area contributed by atoms with Gasteiger partial charge in [0.1, 0.15) is 0 Å². The molecule has 1 heterocycles. The van der Waals surface area contributed by atoms with Crippen molar-refractivity contribution < 1.29 is 13.9 Å². The molecule has 0 bridgehead atoms. The Hall–Kier alpha value is -0.800. The molecule has 0 aromatic carbocycles. The molecule has 80 valence electrons. The van der Waals surface area contributed by atoms with Gasteiger partial charge in [-0.25, -0.2) is 0 Å². The lowest BCUT2D eigenvalue weighted by molar-refractivity contribution is -0.194. The zero-order valence-corrected chi connectivity index (χ0v) is 9.19. The van der Waals surface area contributed by atoms with Crippen molar-refractivity contribution in [2.45, 2.75) is 46.2 Å². The fraction of sp³-hybridized carbons (Fsp3) is 0.636. The maximum Gasteiger partial charge on any atom is 0.217 e. The number of hydrogen-bond donors (Lipinski definition) is 0. The van der Waals surface area contributed by atoms with Gasteiger partial charge in [0.05, 0.1) is 18.5 Å². The van der Waals surface area contributed by atoms with E-state index in [0.29, 0.717) is 5.76 Å². The molecule has 0 saturated carbocycles. The molecule has 0 atom stereocenters. The van der Waals surface area contributed by atoms with Gasteiger partial charge in [0, 0.05) is 0 Å². The van der Waals surface area contributed by atoms with Crippen molar-refractivity contribution in [1.82, 2.24) is 0 Å². The molecule has 1 rings (SSSR count). The van der Waals surface area contributed by atoms with Gasteiger partial charge >= 0.3 is 0 Å². The van der Waals surface area contributed by atoms with E-state index in [1.165, 1.54) is 0 Å². The normalized spacial score (nSPS) is 11.9. The second kappa shape index (κ2) is 5.17. The van der Waals surface area contributed by atoms with Crippen molar-refractivity contribution in [2.75, 3.05) is 0 Å². The van der Waals surface area contributed by atoms with E-state index >= 15 is 0 Å². The van der Waals surface area contributed by atoms with E-state index in [9.17, 15) is 0 Å². The molecule has 0 spiro atoms. The first-order valence-electron chi connectivity index (χ1n) is 4.94. The quantitative estimate of drug-likeness (QED) is 0.681. The van der Waals surface area contributed by atoms with Crippen LogP contribution in [0.15, 0.2) is 22.8 Å². The predicted octanol–water partition coefficient (Wildman–Crippen LogP) is 3.13. The Bertz CT molecular complexity index is 229. The third-order valence-electron chi connectivity index (χ3n) is 1.57. The molecule has 0 saturated heterocycles. The third-order valence-corrected chi connectivity index (χ3v) is 1.57. The van der Waals surface area contributed by atoms with Crippen LogP contribution in [0, 0.1) is 0 Å². The van der Waals surface area contributed by atoms with Gasteiger partial charge in [-0.3, -0.25) is 0 Å². The van der Waals surface area contributed by atoms with Gasteiger partial charge in [-0.05, 0) is 39.8 Å².